The summed E-state index contributed by atoms with van der Waals surface area (Å²) in [4.78, 5) is 17.6. The Kier molecular flexibility index (Phi) is 4.29. The Bertz CT molecular complexity index is 703. The molecule has 0 radical (unpaired) electrons. The Hall–Kier alpha value is -2.07. The number of aromatic nitrogens is 1. The molecule has 1 aliphatic carbocycles. The number of hydrogen-bond acceptors (Lipinski definition) is 3. The molecule has 0 N–H and O–H groups in total. The first-order valence-corrected chi connectivity index (χ1v) is 7.71. The number of carbonyl (C=O) groups excluding carboxylic acids is 1. The monoisotopic (exact) mass is 316 g/mol. The summed E-state index contributed by atoms with van der Waals surface area (Å²) in [5.41, 5.74) is 2.64. The highest BCUT2D eigenvalue weighted by molar-refractivity contribution is 6.29. The van der Waals surface area contributed by atoms with Crippen molar-refractivity contribution in [1.82, 2.24) is 4.98 Å². The number of anilines is 1. The van der Waals surface area contributed by atoms with Crippen molar-refractivity contribution in [3.63, 3.8) is 0 Å². The van der Waals surface area contributed by atoms with Gasteiger partial charge in [-0.3, -0.25) is 4.90 Å². The van der Waals surface area contributed by atoms with E-state index in [-0.39, 0.29) is 0 Å². The molecule has 0 atom stereocenters. The number of pyridine rings is 1. The molecule has 1 aromatic carbocycles. The number of aryl methyl sites for hydroxylation is 2. The number of nitrogens with zero attached hydrogens (tertiary/aromatic N) is 2. The van der Waals surface area contributed by atoms with E-state index in [0.29, 0.717) is 16.7 Å². The summed E-state index contributed by atoms with van der Waals surface area (Å²) in [6.45, 7) is 0. The average Bonchev–Trinajstić information content (AvgIpc) is 2.54. The van der Waals surface area contributed by atoms with Gasteiger partial charge in [-0.05, 0) is 61.1 Å². The summed E-state index contributed by atoms with van der Waals surface area (Å²) in [5, 5.41) is 0.339. The molecule has 114 valence electrons. The van der Waals surface area contributed by atoms with E-state index in [4.69, 9.17) is 16.3 Å². The number of benzene rings is 1. The third kappa shape index (κ3) is 3.22. The van der Waals surface area contributed by atoms with Crippen LogP contribution >= 0.6 is 11.6 Å². The minimum Gasteiger partial charge on any atom is -0.410 e. The van der Waals surface area contributed by atoms with Gasteiger partial charge in [0.05, 0.1) is 0 Å². The van der Waals surface area contributed by atoms with Crippen LogP contribution < -0.4 is 9.64 Å². The summed E-state index contributed by atoms with van der Waals surface area (Å²) in [5.74, 6) is 1.02. The first-order chi connectivity index (χ1) is 10.6. The van der Waals surface area contributed by atoms with Gasteiger partial charge in [0.15, 0.2) is 0 Å². The Morgan fingerprint density at radius 2 is 1.95 bits per heavy atom. The highest BCUT2D eigenvalue weighted by Gasteiger charge is 2.16. The van der Waals surface area contributed by atoms with Gasteiger partial charge >= 0.3 is 6.09 Å². The van der Waals surface area contributed by atoms with Crippen LogP contribution in [0.2, 0.25) is 5.15 Å². The van der Waals surface area contributed by atoms with Crippen LogP contribution in [-0.2, 0) is 12.8 Å². The molecular formula is C17H17ClN2O2. The zero-order valence-electron chi connectivity index (χ0n) is 12.4. The second-order valence-corrected chi connectivity index (χ2v) is 5.77. The van der Waals surface area contributed by atoms with Gasteiger partial charge in [-0.1, -0.05) is 23.7 Å². The van der Waals surface area contributed by atoms with Crippen molar-refractivity contribution in [3.05, 3.63) is 52.7 Å². The number of fused-ring (bicyclic) bond motifs is 1. The summed E-state index contributed by atoms with van der Waals surface area (Å²) in [6.07, 6.45) is 4.10. The van der Waals surface area contributed by atoms with Crippen LogP contribution in [0.5, 0.6) is 5.75 Å². The number of amides is 1. The second kappa shape index (κ2) is 6.36. The fourth-order valence-electron chi connectivity index (χ4n) is 2.62. The molecule has 3 rings (SSSR count). The van der Waals surface area contributed by atoms with Gasteiger partial charge < -0.3 is 4.74 Å². The average molecular weight is 317 g/mol. The van der Waals surface area contributed by atoms with Crippen LogP contribution in [0.3, 0.4) is 0 Å². The highest BCUT2D eigenvalue weighted by atomic mass is 35.5. The molecule has 5 heteroatoms. The molecule has 0 aliphatic heterocycles. The van der Waals surface area contributed by atoms with Gasteiger partial charge in [-0.2, -0.15) is 0 Å². The predicted molar refractivity (Wildman–Crippen MR) is 86.8 cm³/mol. The molecule has 0 spiro atoms. The molecule has 1 aliphatic rings. The Morgan fingerprint density at radius 1 is 1.18 bits per heavy atom. The lowest BCUT2D eigenvalue weighted by atomic mass is 9.92. The van der Waals surface area contributed by atoms with E-state index in [1.165, 1.54) is 28.9 Å². The van der Waals surface area contributed by atoms with Crippen LogP contribution in [-0.4, -0.2) is 18.1 Å². The predicted octanol–water partition coefficient (Wildman–Crippen LogP) is 4.25. The van der Waals surface area contributed by atoms with Crippen LogP contribution in [0.15, 0.2) is 36.4 Å². The van der Waals surface area contributed by atoms with Gasteiger partial charge in [0.2, 0.25) is 0 Å². The molecule has 1 amide bonds. The van der Waals surface area contributed by atoms with Crippen LogP contribution in [0, 0.1) is 0 Å². The standard InChI is InChI=1S/C17H17ClN2O2/c1-20(16-8-4-7-15(18)19-16)17(21)22-14-10-9-12-5-2-3-6-13(12)11-14/h4,7-11H,2-3,5-6H2,1H3. The van der Waals surface area contributed by atoms with Crippen molar-refractivity contribution in [1.29, 1.82) is 0 Å². The summed E-state index contributed by atoms with van der Waals surface area (Å²) < 4.78 is 5.44. The SMILES string of the molecule is CN(C(=O)Oc1ccc2c(c1)CCCC2)c1cccc(Cl)n1. The molecule has 0 saturated carbocycles. The topological polar surface area (TPSA) is 42.4 Å². The van der Waals surface area contributed by atoms with E-state index in [1.807, 2.05) is 12.1 Å². The van der Waals surface area contributed by atoms with Crippen LogP contribution in [0.1, 0.15) is 24.0 Å². The molecule has 0 bridgehead atoms. The number of carbonyl (C=O) groups is 1. The van der Waals surface area contributed by atoms with E-state index in [2.05, 4.69) is 11.1 Å². The first-order valence-electron chi connectivity index (χ1n) is 7.33. The molecular weight excluding hydrogens is 300 g/mol. The lowest BCUT2D eigenvalue weighted by Gasteiger charge is -2.18. The maximum atomic E-state index is 12.2. The molecule has 22 heavy (non-hydrogen) atoms. The summed E-state index contributed by atoms with van der Waals surface area (Å²) in [6, 6.07) is 11.0. The van der Waals surface area contributed by atoms with Crippen molar-refractivity contribution in [2.75, 3.05) is 11.9 Å². The van der Waals surface area contributed by atoms with Crippen LogP contribution in [0.4, 0.5) is 10.6 Å². The van der Waals surface area contributed by atoms with E-state index in [1.54, 1.807) is 25.2 Å². The first kappa shape index (κ1) is 14.9. The summed E-state index contributed by atoms with van der Waals surface area (Å²) >= 11 is 5.84. The molecule has 0 unspecified atom stereocenters. The third-order valence-electron chi connectivity index (χ3n) is 3.84. The lowest BCUT2D eigenvalue weighted by molar-refractivity contribution is 0.209. The summed E-state index contributed by atoms with van der Waals surface area (Å²) in [7, 11) is 1.61. The quantitative estimate of drug-likeness (QED) is 0.778. The fourth-order valence-corrected chi connectivity index (χ4v) is 2.78. The largest absolute Gasteiger partial charge is 0.420 e. The molecule has 4 nitrogen and oxygen atoms in total. The van der Waals surface area contributed by atoms with Crippen LogP contribution in [0.25, 0.3) is 0 Å². The molecule has 0 saturated heterocycles. The zero-order valence-corrected chi connectivity index (χ0v) is 13.1. The van der Waals surface area contributed by atoms with Crippen molar-refractivity contribution >= 4 is 23.5 Å². The molecule has 0 fully saturated rings. The van der Waals surface area contributed by atoms with E-state index >= 15 is 0 Å². The van der Waals surface area contributed by atoms with Crippen molar-refractivity contribution in [2.24, 2.45) is 0 Å². The van der Waals surface area contributed by atoms with Gasteiger partial charge in [-0.25, -0.2) is 9.78 Å². The van der Waals surface area contributed by atoms with E-state index in [9.17, 15) is 4.79 Å². The Labute approximate surface area is 134 Å². The number of hydrogen-bond donors (Lipinski definition) is 0. The number of ether oxygens (including phenoxy) is 1. The van der Waals surface area contributed by atoms with Gasteiger partial charge in [0.25, 0.3) is 0 Å². The third-order valence-corrected chi connectivity index (χ3v) is 4.05. The highest BCUT2D eigenvalue weighted by Crippen LogP contribution is 2.26. The molecule has 1 heterocycles. The smallest absolute Gasteiger partial charge is 0.410 e. The zero-order chi connectivity index (χ0) is 15.5. The van der Waals surface area contributed by atoms with E-state index < -0.39 is 6.09 Å². The Morgan fingerprint density at radius 3 is 2.73 bits per heavy atom. The van der Waals surface area contributed by atoms with Gasteiger partial charge in [0, 0.05) is 7.05 Å². The van der Waals surface area contributed by atoms with Crippen molar-refractivity contribution < 1.29 is 9.53 Å². The fraction of sp³-hybridized carbons (Fsp3) is 0.294. The maximum Gasteiger partial charge on any atom is 0.420 e. The number of halogens is 1. The van der Waals surface area contributed by atoms with Gasteiger partial charge in [0.1, 0.15) is 16.7 Å². The normalized spacial score (nSPS) is 13.4. The molecule has 2 aromatic rings. The van der Waals surface area contributed by atoms with Gasteiger partial charge in [-0.15, -0.1) is 0 Å². The second-order valence-electron chi connectivity index (χ2n) is 5.38. The van der Waals surface area contributed by atoms with E-state index in [0.717, 1.165) is 12.8 Å². The molecule has 1 aromatic heterocycles. The minimum absolute atomic E-state index is 0.339. The lowest BCUT2D eigenvalue weighted by Crippen LogP contribution is -2.30. The Balaban J connectivity index is 1.73. The van der Waals surface area contributed by atoms with Crippen molar-refractivity contribution in [3.8, 4) is 5.75 Å². The number of rotatable bonds is 2. The van der Waals surface area contributed by atoms with Crippen molar-refractivity contribution in [2.45, 2.75) is 25.7 Å². The minimum atomic E-state index is -0.481. The maximum absolute atomic E-state index is 12.2.